The highest BCUT2D eigenvalue weighted by atomic mass is 32.2. The van der Waals surface area contributed by atoms with Crippen LogP contribution in [0.2, 0.25) is 0 Å². The van der Waals surface area contributed by atoms with Gasteiger partial charge in [0.1, 0.15) is 11.4 Å². The Kier molecular flexibility index (Phi) is 3.67. The van der Waals surface area contributed by atoms with Crippen LogP contribution in [0.25, 0.3) is 10.9 Å². The predicted octanol–water partition coefficient (Wildman–Crippen LogP) is 3.55. The van der Waals surface area contributed by atoms with Gasteiger partial charge in [0.25, 0.3) is 0 Å². The number of hydrogen-bond donors (Lipinski definition) is 1. The number of para-hydroxylation sites is 1. The molecule has 0 saturated heterocycles. The predicted molar refractivity (Wildman–Crippen MR) is 82.7 cm³/mol. The molecule has 0 bridgehead atoms. The third-order valence-electron chi connectivity index (χ3n) is 3.25. The van der Waals surface area contributed by atoms with E-state index >= 15 is 0 Å². The highest BCUT2D eigenvalue weighted by molar-refractivity contribution is 7.99. The van der Waals surface area contributed by atoms with E-state index in [1.807, 2.05) is 18.2 Å². The Balaban J connectivity index is 1.99. The van der Waals surface area contributed by atoms with E-state index < -0.39 is 0 Å². The molecule has 0 aliphatic carbocycles. The van der Waals surface area contributed by atoms with E-state index in [-0.39, 0.29) is 0 Å². The second kappa shape index (κ2) is 5.61. The topological polar surface area (TPSA) is 51.8 Å². The Hall–Kier alpha value is -1.91. The Bertz CT molecular complexity index is 750. The molecule has 20 heavy (non-hydrogen) atoms. The first kappa shape index (κ1) is 13.1. The van der Waals surface area contributed by atoms with Gasteiger partial charge in [-0.1, -0.05) is 36.0 Å². The zero-order valence-electron chi connectivity index (χ0n) is 11.2. The lowest BCUT2D eigenvalue weighted by molar-refractivity contribution is 1.04. The molecule has 2 aromatic carbocycles. The molecule has 0 atom stereocenters. The van der Waals surface area contributed by atoms with Crippen molar-refractivity contribution in [2.75, 3.05) is 0 Å². The fraction of sp³-hybridized carbons (Fsp3) is 0.125. The van der Waals surface area contributed by atoms with Gasteiger partial charge in [-0.25, -0.2) is 9.97 Å². The minimum Gasteiger partial charge on any atom is -0.326 e. The third-order valence-corrected chi connectivity index (χ3v) is 4.26. The average molecular weight is 281 g/mol. The van der Waals surface area contributed by atoms with Crippen LogP contribution in [0.4, 0.5) is 0 Å². The molecule has 3 aromatic rings. The Morgan fingerprint density at radius 3 is 2.75 bits per heavy atom. The molecular weight excluding hydrogens is 266 g/mol. The molecule has 0 fully saturated rings. The van der Waals surface area contributed by atoms with E-state index in [4.69, 9.17) is 5.73 Å². The number of fused-ring (bicyclic) bond motifs is 1. The summed E-state index contributed by atoms with van der Waals surface area (Å²) in [7, 11) is 0. The largest absolute Gasteiger partial charge is 0.326 e. The maximum absolute atomic E-state index is 5.70. The minimum absolute atomic E-state index is 0.577. The molecule has 0 aliphatic rings. The van der Waals surface area contributed by atoms with E-state index in [1.54, 1.807) is 18.1 Å². The van der Waals surface area contributed by atoms with Crippen LogP contribution in [0.3, 0.4) is 0 Å². The summed E-state index contributed by atoms with van der Waals surface area (Å²) in [5, 5.41) is 2.07. The van der Waals surface area contributed by atoms with Gasteiger partial charge in [-0.15, -0.1) is 0 Å². The van der Waals surface area contributed by atoms with Gasteiger partial charge in [0.15, 0.2) is 0 Å². The van der Waals surface area contributed by atoms with Crippen molar-refractivity contribution < 1.29 is 0 Å². The summed E-state index contributed by atoms with van der Waals surface area (Å²) in [6.07, 6.45) is 1.62. The van der Waals surface area contributed by atoms with Crippen molar-refractivity contribution in [2.24, 2.45) is 5.73 Å². The Labute approximate surface area is 122 Å². The fourth-order valence-corrected chi connectivity index (χ4v) is 3.11. The smallest absolute Gasteiger partial charge is 0.117 e. The van der Waals surface area contributed by atoms with Crippen molar-refractivity contribution in [3.63, 3.8) is 0 Å². The average Bonchev–Trinajstić information content (AvgIpc) is 2.48. The van der Waals surface area contributed by atoms with Crippen molar-refractivity contribution in [2.45, 2.75) is 23.4 Å². The molecule has 0 unspecified atom stereocenters. The van der Waals surface area contributed by atoms with E-state index in [0.717, 1.165) is 15.9 Å². The Morgan fingerprint density at radius 1 is 1.10 bits per heavy atom. The number of nitrogens with zero attached hydrogens (tertiary/aromatic N) is 2. The van der Waals surface area contributed by atoms with Crippen LogP contribution in [0.1, 0.15) is 11.1 Å². The van der Waals surface area contributed by atoms with Crippen LogP contribution in [-0.4, -0.2) is 9.97 Å². The Morgan fingerprint density at radius 2 is 1.95 bits per heavy atom. The van der Waals surface area contributed by atoms with E-state index in [9.17, 15) is 0 Å². The summed E-state index contributed by atoms with van der Waals surface area (Å²) in [5.41, 5.74) is 9.07. The van der Waals surface area contributed by atoms with Crippen molar-refractivity contribution in [3.05, 3.63) is 59.9 Å². The fourth-order valence-electron chi connectivity index (χ4n) is 2.13. The molecule has 0 saturated carbocycles. The van der Waals surface area contributed by atoms with Gasteiger partial charge in [-0.3, -0.25) is 0 Å². The van der Waals surface area contributed by atoms with Gasteiger partial charge in [-0.05, 0) is 36.2 Å². The number of aryl methyl sites for hydroxylation is 1. The summed E-state index contributed by atoms with van der Waals surface area (Å²) in [6.45, 7) is 2.66. The van der Waals surface area contributed by atoms with E-state index in [1.165, 1.54) is 16.0 Å². The lowest BCUT2D eigenvalue weighted by Crippen LogP contribution is -1.98. The molecule has 1 heterocycles. The van der Waals surface area contributed by atoms with Crippen LogP contribution in [0, 0.1) is 6.92 Å². The van der Waals surface area contributed by atoms with Crippen molar-refractivity contribution in [1.82, 2.24) is 9.97 Å². The van der Waals surface area contributed by atoms with Gasteiger partial charge in [0, 0.05) is 16.8 Å². The summed E-state index contributed by atoms with van der Waals surface area (Å²) in [5.74, 6) is 0. The third kappa shape index (κ3) is 2.53. The summed E-state index contributed by atoms with van der Waals surface area (Å²) in [6, 6.07) is 14.4. The molecule has 4 heteroatoms. The van der Waals surface area contributed by atoms with Crippen molar-refractivity contribution >= 4 is 22.7 Å². The molecule has 0 radical (unpaired) electrons. The van der Waals surface area contributed by atoms with Crippen LogP contribution in [-0.2, 0) is 6.54 Å². The summed E-state index contributed by atoms with van der Waals surface area (Å²) in [4.78, 5) is 9.86. The second-order valence-electron chi connectivity index (χ2n) is 4.59. The van der Waals surface area contributed by atoms with Gasteiger partial charge < -0.3 is 5.73 Å². The zero-order valence-corrected chi connectivity index (χ0v) is 12.0. The second-order valence-corrected chi connectivity index (χ2v) is 5.65. The molecule has 100 valence electrons. The molecule has 3 rings (SSSR count). The lowest BCUT2D eigenvalue weighted by atomic mass is 10.1. The molecule has 2 N–H and O–H groups in total. The first-order chi connectivity index (χ1) is 9.78. The van der Waals surface area contributed by atoms with E-state index in [0.29, 0.717) is 6.54 Å². The van der Waals surface area contributed by atoms with Gasteiger partial charge in [0.05, 0.1) is 5.52 Å². The number of hydrogen-bond acceptors (Lipinski definition) is 4. The van der Waals surface area contributed by atoms with E-state index in [2.05, 4.69) is 41.2 Å². The molecule has 3 nitrogen and oxygen atoms in total. The molecule has 1 aromatic heterocycles. The van der Waals surface area contributed by atoms with Crippen LogP contribution in [0.15, 0.2) is 58.7 Å². The van der Waals surface area contributed by atoms with Gasteiger partial charge in [-0.2, -0.15) is 0 Å². The lowest BCUT2D eigenvalue weighted by Gasteiger charge is -2.07. The zero-order chi connectivity index (χ0) is 13.9. The summed E-state index contributed by atoms with van der Waals surface area (Å²) >= 11 is 1.66. The highest BCUT2D eigenvalue weighted by Gasteiger charge is 2.06. The normalized spacial score (nSPS) is 10.9. The molecule has 0 spiro atoms. The molecule has 0 amide bonds. The van der Waals surface area contributed by atoms with Gasteiger partial charge in [0.2, 0.25) is 0 Å². The molecule has 0 aliphatic heterocycles. The first-order valence-electron chi connectivity index (χ1n) is 6.45. The maximum atomic E-state index is 5.70. The van der Waals surface area contributed by atoms with Crippen LogP contribution >= 0.6 is 11.8 Å². The maximum Gasteiger partial charge on any atom is 0.117 e. The SMILES string of the molecule is Cc1cc(Sc2ncnc3ccccc23)ccc1CN. The number of nitrogens with two attached hydrogens (primary N) is 1. The number of benzene rings is 2. The van der Waals surface area contributed by atoms with Crippen molar-refractivity contribution in [3.8, 4) is 0 Å². The first-order valence-corrected chi connectivity index (χ1v) is 7.27. The van der Waals surface area contributed by atoms with Crippen LogP contribution < -0.4 is 5.73 Å². The number of aromatic nitrogens is 2. The van der Waals surface area contributed by atoms with Gasteiger partial charge >= 0.3 is 0 Å². The summed E-state index contributed by atoms with van der Waals surface area (Å²) < 4.78 is 0. The highest BCUT2D eigenvalue weighted by Crippen LogP contribution is 2.31. The number of rotatable bonds is 3. The standard InChI is InChI=1S/C16H15N3S/c1-11-8-13(7-6-12(11)9-17)20-16-14-4-2-3-5-15(14)18-10-19-16/h2-8,10H,9,17H2,1H3. The quantitative estimate of drug-likeness (QED) is 0.746. The monoisotopic (exact) mass is 281 g/mol. The molecular formula is C16H15N3S. The van der Waals surface area contributed by atoms with Crippen LogP contribution in [0.5, 0.6) is 0 Å². The van der Waals surface area contributed by atoms with Crippen molar-refractivity contribution in [1.29, 1.82) is 0 Å². The minimum atomic E-state index is 0.577.